The van der Waals surface area contributed by atoms with E-state index < -0.39 is 23.4 Å². The lowest BCUT2D eigenvalue weighted by Crippen LogP contribution is -2.28. The summed E-state index contributed by atoms with van der Waals surface area (Å²) >= 11 is 0. The van der Waals surface area contributed by atoms with Gasteiger partial charge in [0.1, 0.15) is 0 Å². The zero-order valence-corrected chi connectivity index (χ0v) is 17.5. The van der Waals surface area contributed by atoms with Gasteiger partial charge in [-0.1, -0.05) is 13.8 Å². The van der Waals surface area contributed by atoms with Crippen molar-refractivity contribution in [3.63, 3.8) is 0 Å². The fourth-order valence-corrected chi connectivity index (χ4v) is 4.68. The second-order valence-electron chi connectivity index (χ2n) is 8.53. The molecule has 4 atom stereocenters. The third-order valence-corrected chi connectivity index (χ3v) is 6.46. The molecule has 0 radical (unpaired) electrons. The molecule has 1 N–H and O–H groups in total. The van der Waals surface area contributed by atoms with Gasteiger partial charge in [0.05, 0.1) is 22.9 Å². The maximum absolute atomic E-state index is 13.7. The minimum atomic E-state index is -4.43. The molecule has 2 aromatic carbocycles. The topological polar surface area (TPSA) is 46.9 Å². The first-order valence-corrected chi connectivity index (χ1v) is 10.3. The fraction of sp³-hybridized carbons (Fsp3) is 0.391. The molecule has 32 heavy (non-hydrogen) atoms. The zero-order chi connectivity index (χ0) is 23.2. The van der Waals surface area contributed by atoms with Crippen LogP contribution in [0.2, 0.25) is 0 Å². The van der Waals surface area contributed by atoms with Crippen LogP contribution in [-0.4, -0.2) is 15.5 Å². The molecule has 9 heteroatoms. The Balaban J connectivity index is 1.46. The lowest BCUT2D eigenvalue weighted by Gasteiger charge is -2.22. The van der Waals surface area contributed by atoms with E-state index in [0.29, 0.717) is 23.1 Å². The molecule has 1 saturated carbocycles. The summed E-state index contributed by atoms with van der Waals surface area (Å²) in [5.74, 6) is -2.36. The van der Waals surface area contributed by atoms with Crippen LogP contribution >= 0.6 is 0 Å². The summed E-state index contributed by atoms with van der Waals surface area (Å²) in [7, 11) is 0. The summed E-state index contributed by atoms with van der Waals surface area (Å²) in [4.78, 5) is 16.9. The number of imidazole rings is 1. The van der Waals surface area contributed by atoms with Gasteiger partial charge < -0.3 is 9.88 Å². The van der Waals surface area contributed by atoms with E-state index >= 15 is 0 Å². The predicted octanol–water partition coefficient (Wildman–Crippen LogP) is 6.20. The summed E-state index contributed by atoms with van der Waals surface area (Å²) in [6.45, 7) is 3.83. The maximum Gasteiger partial charge on any atom is 0.416 e. The van der Waals surface area contributed by atoms with Crippen molar-refractivity contribution in [3.8, 4) is 0 Å². The molecule has 4 rings (SSSR count). The first-order chi connectivity index (χ1) is 15.0. The summed E-state index contributed by atoms with van der Waals surface area (Å²) in [5, 5.41) is 2.69. The highest BCUT2D eigenvalue weighted by Gasteiger charge is 2.38. The molecule has 3 aromatic rings. The second kappa shape index (κ2) is 8.18. The molecule has 1 fully saturated rings. The Labute approximate surface area is 181 Å². The van der Waals surface area contributed by atoms with Gasteiger partial charge in [-0.2, -0.15) is 13.2 Å². The Kier molecular flexibility index (Phi) is 5.68. The Morgan fingerprint density at radius 3 is 2.44 bits per heavy atom. The van der Waals surface area contributed by atoms with Crippen molar-refractivity contribution >= 4 is 22.6 Å². The molecule has 1 aliphatic carbocycles. The maximum atomic E-state index is 13.7. The number of amides is 1. The molecular weight excluding hydrogens is 429 g/mol. The van der Waals surface area contributed by atoms with Crippen LogP contribution in [0.5, 0.6) is 0 Å². The largest absolute Gasteiger partial charge is 0.416 e. The van der Waals surface area contributed by atoms with Crippen LogP contribution in [0.3, 0.4) is 0 Å². The first-order valence-electron chi connectivity index (χ1n) is 10.3. The number of alkyl halides is 3. The van der Waals surface area contributed by atoms with Crippen LogP contribution in [0.25, 0.3) is 11.0 Å². The van der Waals surface area contributed by atoms with Gasteiger partial charge in [0.15, 0.2) is 11.6 Å². The number of hydrogen-bond acceptors (Lipinski definition) is 2. The minimum Gasteiger partial charge on any atom is -0.327 e. The fourth-order valence-electron chi connectivity index (χ4n) is 4.68. The van der Waals surface area contributed by atoms with E-state index in [9.17, 15) is 26.7 Å². The zero-order valence-electron chi connectivity index (χ0n) is 17.5. The molecule has 1 heterocycles. The number of nitrogens with one attached hydrogen (secondary N) is 1. The average Bonchev–Trinajstić information content (AvgIpc) is 3.30. The van der Waals surface area contributed by atoms with Crippen LogP contribution in [0.4, 0.5) is 27.6 Å². The van der Waals surface area contributed by atoms with Crippen LogP contribution < -0.4 is 5.32 Å². The van der Waals surface area contributed by atoms with E-state index in [1.54, 1.807) is 13.3 Å². The van der Waals surface area contributed by atoms with Crippen molar-refractivity contribution in [2.45, 2.75) is 38.9 Å². The average molecular weight is 451 g/mol. The van der Waals surface area contributed by atoms with Gasteiger partial charge in [-0.15, -0.1) is 0 Å². The second-order valence-corrected chi connectivity index (χ2v) is 8.53. The third-order valence-electron chi connectivity index (χ3n) is 6.46. The summed E-state index contributed by atoms with van der Waals surface area (Å²) < 4.78 is 67.2. The Bertz CT molecular complexity index is 1140. The normalized spacial score (nSPS) is 22.3. The SMILES string of the molecule is CC1CC(n2cnc3cc(F)c(F)cc32)CC1C(C)C(=O)Nc1ccc(C(F)(F)F)cc1. The molecule has 0 aliphatic heterocycles. The number of halogens is 5. The van der Waals surface area contributed by atoms with E-state index in [4.69, 9.17) is 0 Å². The number of fused-ring (bicyclic) bond motifs is 1. The van der Waals surface area contributed by atoms with Crippen LogP contribution in [0.15, 0.2) is 42.7 Å². The van der Waals surface area contributed by atoms with E-state index in [0.717, 1.165) is 30.7 Å². The summed E-state index contributed by atoms with van der Waals surface area (Å²) in [5.41, 5.74) is 0.395. The number of nitrogens with zero attached hydrogens (tertiary/aromatic N) is 2. The van der Waals surface area contributed by atoms with Crippen molar-refractivity contribution in [1.29, 1.82) is 0 Å². The van der Waals surface area contributed by atoms with E-state index in [1.165, 1.54) is 12.1 Å². The van der Waals surface area contributed by atoms with Gasteiger partial charge in [-0.25, -0.2) is 13.8 Å². The molecule has 0 saturated heterocycles. The quantitative estimate of drug-likeness (QED) is 0.481. The van der Waals surface area contributed by atoms with Crippen molar-refractivity contribution < 1.29 is 26.7 Å². The Hall–Kier alpha value is -2.97. The highest BCUT2D eigenvalue weighted by molar-refractivity contribution is 5.92. The van der Waals surface area contributed by atoms with Gasteiger partial charge in [0.25, 0.3) is 0 Å². The Morgan fingerprint density at radius 1 is 1.12 bits per heavy atom. The van der Waals surface area contributed by atoms with E-state index in [1.807, 2.05) is 11.5 Å². The van der Waals surface area contributed by atoms with Crippen LogP contribution in [0, 0.1) is 29.4 Å². The van der Waals surface area contributed by atoms with Crippen molar-refractivity contribution in [2.24, 2.45) is 17.8 Å². The van der Waals surface area contributed by atoms with Crippen molar-refractivity contribution in [1.82, 2.24) is 9.55 Å². The van der Waals surface area contributed by atoms with Gasteiger partial charge in [-0.3, -0.25) is 4.79 Å². The molecule has 4 nitrogen and oxygen atoms in total. The molecule has 1 amide bonds. The van der Waals surface area contributed by atoms with Crippen LogP contribution in [0.1, 0.15) is 38.3 Å². The first kappa shape index (κ1) is 22.2. The van der Waals surface area contributed by atoms with Crippen molar-refractivity contribution in [2.75, 3.05) is 5.32 Å². The molecule has 0 bridgehead atoms. The number of aromatic nitrogens is 2. The van der Waals surface area contributed by atoms with Crippen LogP contribution in [-0.2, 0) is 11.0 Å². The standard InChI is InChI=1S/C23H22F5N3O/c1-12-7-16(31-11-29-20-9-18(24)19(25)10-21(20)31)8-17(12)13(2)22(32)30-15-5-3-14(4-6-15)23(26,27)28/h3-6,9-13,16-17H,7-8H2,1-2H3,(H,30,32). The van der Waals surface area contributed by atoms with E-state index in [2.05, 4.69) is 10.3 Å². The van der Waals surface area contributed by atoms with Crippen molar-refractivity contribution in [3.05, 3.63) is 59.9 Å². The summed E-state index contributed by atoms with van der Waals surface area (Å²) in [6.07, 6.45) is -1.48. The summed E-state index contributed by atoms with van der Waals surface area (Å²) in [6, 6.07) is 6.51. The monoisotopic (exact) mass is 451 g/mol. The molecule has 170 valence electrons. The van der Waals surface area contributed by atoms with Gasteiger partial charge in [0.2, 0.25) is 5.91 Å². The van der Waals surface area contributed by atoms with Gasteiger partial charge in [-0.05, 0) is 48.9 Å². The lowest BCUT2D eigenvalue weighted by molar-refractivity contribution is -0.137. The molecular formula is C23H22F5N3O. The minimum absolute atomic E-state index is 0.0113. The Morgan fingerprint density at radius 2 is 1.78 bits per heavy atom. The number of benzene rings is 2. The predicted molar refractivity (Wildman–Crippen MR) is 110 cm³/mol. The highest BCUT2D eigenvalue weighted by Crippen LogP contribution is 2.44. The van der Waals surface area contributed by atoms with E-state index in [-0.39, 0.29) is 29.7 Å². The molecule has 0 spiro atoms. The number of carbonyl (C=O) groups excluding carboxylic acids is 1. The number of hydrogen-bond donors (Lipinski definition) is 1. The molecule has 4 unspecified atom stereocenters. The third kappa shape index (κ3) is 4.20. The molecule has 1 aromatic heterocycles. The number of carbonyl (C=O) groups is 1. The highest BCUT2D eigenvalue weighted by atomic mass is 19.4. The lowest BCUT2D eigenvalue weighted by atomic mass is 9.85. The smallest absolute Gasteiger partial charge is 0.327 e. The number of anilines is 1. The van der Waals surface area contributed by atoms with Gasteiger partial charge >= 0.3 is 6.18 Å². The van der Waals surface area contributed by atoms with Gasteiger partial charge in [0, 0.05) is 29.8 Å². The molecule has 1 aliphatic rings. The number of rotatable bonds is 4.